The van der Waals surface area contributed by atoms with Gasteiger partial charge in [0.1, 0.15) is 0 Å². The van der Waals surface area contributed by atoms with Crippen LogP contribution in [-0.2, 0) is 31.9 Å². The molecule has 0 radical (unpaired) electrons. The first-order chi connectivity index (χ1) is 13.7. The fraction of sp³-hybridized carbons (Fsp3) is 0.381. The van der Waals surface area contributed by atoms with Crippen LogP contribution >= 0.6 is 11.8 Å². The SMILES string of the molecule is CC(C)(C)c1ccc(Sc2cc3c(cc2N(S(C)(=O)=O)S(C)(=O)=O)CCC3=O)cc1. The van der Waals surface area contributed by atoms with Gasteiger partial charge in [-0.15, -0.1) is 0 Å². The highest BCUT2D eigenvalue weighted by Crippen LogP contribution is 2.41. The van der Waals surface area contributed by atoms with Crippen LogP contribution in [0.3, 0.4) is 0 Å². The fourth-order valence-electron chi connectivity index (χ4n) is 3.44. The number of Topliss-reactive ketones (excluding diaryl/α,β-unsaturated/α-hetero) is 1. The zero-order chi connectivity index (χ0) is 22.5. The smallest absolute Gasteiger partial charge is 0.245 e. The van der Waals surface area contributed by atoms with Crippen molar-refractivity contribution in [2.24, 2.45) is 0 Å². The van der Waals surface area contributed by atoms with Gasteiger partial charge in [-0.25, -0.2) is 16.8 Å². The molecule has 0 spiro atoms. The number of ketones is 1. The zero-order valence-electron chi connectivity index (χ0n) is 17.6. The van der Waals surface area contributed by atoms with Gasteiger partial charge < -0.3 is 0 Å². The van der Waals surface area contributed by atoms with E-state index in [2.05, 4.69) is 20.8 Å². The van der Waals surface area contributed by atoms with Crippen LogP contribution in [0.2, 0.25) is 0 Å². The van der Waals surface area contributed by atoms with Crippen LogP contribution in [0.5, 0.6) is 0 Å². The first kappa shape index (κ1) is 22.8. The van der Waals surface area contributed by atoms with Gasteiger partial charge in [0, 0.05) is 21.8 Å². The molecule has 0 atom stereocenters. The van der Waals surface area contributed by atoms with Crippen molar-refractivity contribution < 1.29 is 21.6 Å². The van der Waals surface area contributed by atoms with Gasteiger partial charge >= 0.3 is 0 Å². The summed E-state index contributed by atoms with van der Waals surface area (Å²) in [6.45, 7) is 6.32. The maximum absolute atomic E-state index is 12.4. The highest BCUT2D eigenvalue weighted by atomic mass is 32.3. The molecule has 6 nitrogen and oxygen atoms in total. The predicted octanol–water partition coefficient (Wildman–Crippen LogP) is 3.99. The van der Waals surface area contributed by atoms with E-state index in [4.69, 9.17) is 0 Å². The number of fused-ring (bicyclic) bond motifs is 1. The second kappa shape index (κ2) is 7.69. The van der Waals surface area contributed by atoms with Gasteiger partial charge in [0.2, 0.25) is 20.0 Å². The molecule has 162 valence electrons. The number of benzene rings is 2. The van der Waals surface area contributed by atoms with E-state index in [9.17, 15) is 21.6 Å². The minimum absolute atomic E-state index is 0.0161. The van der Waals surface area contributed by atoms with Gasteiger partial charge in [-0.05, 0) is 47.2 Å². The summed E-state index contributed by atoms with van der Waals surface area (Å²) in [5, 5.41) is 0. The number of anilines is 1. The molecule has 0 bridgehead atoms. The van der Waals surface area contributed by atoms with Gasteiger partial charge in [-0.3, -0.25) is 4.79 Å². The standard InChI is InChI=1S/C21H25NO5S3/c1-21(2,3)15-7-9-16(10-8-15)28-20-13-17-14(6-11-19(17)23)12-18(20)22(29(4,24)25)30(5,26)27/h7-10,12-13H,6,11H2,1-5H3. The number of nitrogens with zero attached hydrogens (tertiary/aromatic N) is 1. The first-order valence-corrected chi connectivity index (χ1v) is 13.9. The molecule has 0 unspecified atom stereocenters. The summed E-state index contributed by atoms with van der Waals surface area (Å²) in [5.41, 5.74) is 2.37. The summed E-state index contributed by atoms with van der Waals surface area (Å²) in [4.78, 5) is 13.5. The van der Waals surface area contributed by atoms with Gasteiger partial charge in [-0.1, -0.05) is 44.7 Å². The molecule has 0 amide bonds. The number of sulfonamides is 2. The third kappa shape index (κ3) is 4.73. The van der Waals surface area contributed by atoms with Crippen molar-refractivity contribution in [2.75, 3.05) is 16.2 Å². The first-order valence-electron chi connectivity index (χ1n) is 9.37. The van der Waals surface area contributed by atoms with Crippen molar-refractivity contribution >= 4 is 43.3 Å². The number of carbonyl (C=O) groups is 1. The van der Waals surface area contributed by atoms with E-state index >= 15 is 0 Å². The molecule has 0 fully saturated rings. The van der Waals surface area contributed by atoms with E-state index in [0.29, 0.717) is 32.6 Å². The second-order valence-electron chi connectivity index (χ2n) is 8.50. The molecular formula is C21H25NO5S3. The summed E-state index contributed by atoms with van der Waals surface area (Å²) in [7, 11) is -8.20. The molecule has 1 aliphatic rings. The monoisotopic (exact) mass is 467 g/mol. The van der Waals surface area contributed by atoms with Gasteiger partial charge in [0.05, 0.1) is 18.2 Å². The molecule has 2 aromatic carbocycles. The molecule has 2 aromatic rings. The number of hydrogen-bond acceptors (Lipinski definition) is 6. The average molecular weight is 468 g/mol. The lowest BCUT2D eigenvalue weighted by molar-refractivity contribution is 0.0994. The minimum Gasteiger partial charge on any atom is -0.294 e. The molecule has 0 aliphatic heterocycles. The van der Waals surface area contributed by atoms with Gasteiger partial charge in [-0.2, -0.15) is 3.71 Å². The predicted molar refractivity (Wildman–Crippen MR) is 121 cm³/mol. The van der Waals surface area contributed by atoms with Crippen LogP contribution in [0, 0.1) is 0 Å². The second-order valence-corrected chi connectivity index (χ2v) is 13.5. The molecule has 30 heavy (non-hydrogen) atoms. The van der Waals surface area contributed by atoms with Crippen molar-refractivity contribution in [3.8, 4) is 0 Å². The number of carbonyl (C=O) groups excluding carboxylic acids is 1. The summed E-state index contributed by atoms with van der Waals surface area (Å²) in [6.07, 6.45) is 2.52. The third-order valence-electron chi connectivity index (χ3n) is 4.85. The summed E-state index contributed by atoms with van der Waals surface area (Å²) < 4.78 is 49.9. The van der Waals surface area contributed by atoms with Gasteiger partial charge in [0.25, 0.3) is 0 Å². The maximum Gasteiger partial charge on any atom is 0.245 e. The van der Waals surface area contributed by atoms with Crippen LogP contribution in [-0.4, -0.2) is 35.1 Å². The van der Waals surface area contributed by atoms with E-state index in [-0.39, 0.29) is 16.9 Å². The van der Waals surface area contributed by atoms with Crippen molar-refractivity contribution in [3.63, 3.8) is 0 Å². The van der Waals surface area contributed by atoms with E-state index in [1.807, 2.05) is 24.3 Å². The van der Waals surface area contributed by atoms with Crippen LogP contribution in [0.4, 0.5) is 5.69 Å². The highest BCUT2D eigenvalue weighted by Gasteiger charge is 2.32. The van der Waals surface area contributed by atoms with Crippen LogP contribution < -0.4 is 3.71 Å². The van der Waals surface area contributed by atoms with Crippen molar-refractivity contribution in [1.29, 1.82) is 0 Å². The minimum atomic E-state index is -4.10. The maximum atomic E-state index is 12.4. The zero-order valence-corrected chi connectivity index (χ0v) is 20.0. The summed E-state index contributed by atoms with van der Waals surface area (Å²) in [5.74, 6) is -0.0215. The quantitative estimate of drug-likeness (QED) is 0.661. The Bertz CT molecular complexity index is 1180. The van der Waals surface area contributed by atoms with Crippen molar-refractivity contribution in [1.82, 2.24) is 0 Å². The molecule has 0 heterocycles. The topological polar surface area (TPSA) is 88.6 Å². The Morgan fingerprint density at radius 1 is 0.900 bits per heavy atom. The normalized spacial score (nSPS) is 14.6. The molecule has 1 aliphatic carbocycles. The molecule has 0 saturated heterocycles. The number of hydrogen-bond donors (Lipinski definition) is 0. The van der Waals surface area contributed by atoms with E-state index in [1.54, 1.807) is 6.07 Å². The third-order valence-corrected chi connectivity index (χ3v) is 9.13. The molecule has 0 aromatic heterocycles. The average Bonchev–Trinajstić information content (AvgIpc) is 2.92. The Morgan fingerprint density at radius 3 is 1.97 bits per heavy atom. The Labute approximate surface area is 182 Å². The van der Waals surface area contributed by atoms with Gasteiger partial charge in [0.15, 0.2) is 5.78 Å². The van der Waals surface area contributed by atoms with Crippen molar-refractivity contribution in [2.45, 2.75) is 48.8 Å². The summed E-state index contributed by atoms with van der Waals surface area (Å²) >= 11 is 1.24. The Morgan fingerprint density at radius 2 is 1.47 bits per heavy atom. The van der Waals surface area contributed by atoms with Crippen LogP contribution in [0.1, 0.15) is 48.7 Å². The fourth-order valence-corrected chi connectivity index (χ4v) is 7.50. The molecule has 9 heteroatoms. The lowest BCUT2D eigenvalue weighted by Crippen LogP contribution is -2.35. The van der Waals surface area contributed by atoms with E-state index < -0.39 is 20.0 Å². The molecule has 0 N–H and O–H groups in total. The van der Waals surface area contributed by atoms with Crippen molar-refractivity contribution in [3.05, 3.63) is 53.1 Å². The Balaban J connectivity index is 2.16. The summed E-state index contributed by atoms with van der Waals surface area (Å²) in [6, 6.07) is 10.9. The lowest BCUT2D eigenvalue weighted by atomic mass is 9.87. The molecular weight excluding hydrogens is 442 g/mol. The van der Waals surface area contributed by atoms with E-state index in [0.717, 1.165) is 23.0 Å². The number of aryl methyl sites for hydroxylation is 1. The van der Waals surface area contributed by atoms with E-state index in [1.165, 1.54) is 17.8 Å². The Kier molecular flexibility index (Phi) is 5.85. The lowest BCUT2D eigenvalue weighted by Gasteiger charge is -2.23. The van der Waals surface area contributed by atoms with Crippen LogP contribution in [0.15, 0.2) is 46.2 Å². The largest absolute Gasteiger partial charge is 0.294 e. The number of rotatable bonds is 5. The highest BCUT2D eigenvalue weighted by molar-refractivity contribution is 8.09. The molecule has 0 saturated carbocycles. The Hall–Kier alpha value is -1.84. The molecule has 3 rings (SSSR count). The van der Waals surface area contributed by atoms with Crippen LogP contribution in [0.25, 0.3) is 0 Å².